The molecule has 198 valence electrons. The minimum absolute atomic E-state index is 0.00919. The summed E-state index contributed by atoms with van der Waals surface area (Å²) < 4.78 is 17.4. The van der Waals surface area contributed by atoms with Gasteiger partial charge in [-0.3, -0.25) is 14.4 Å². The van der Waals surface area contributed by atoms with Crippen molar-refractivity contribution >= 4 is 23.4 Å². The van der Waals surface area contributed by atoms with Crippen molar-refractivity contribution in [1.29, 1.82) is 0 Å². The predicted molar refractivity (Wildman–Crippen MR) is 135 cm³/mol. The van der Waals surface area contributed by atoms with Crippen LogP contribution in [0.1, 0.15) is 49.9 Å². The fourth-order valence-electron chi connectivity index (χ4n) is 4.93. The number of methoxy groups -OCH3 is 1. The molecule has 3 atom stereocenters. The van der Waals surface area contributed by atoms with Crippen molar-refractivity contribution < 1.29 is 28.6 Å². The summed E-state index contributed by atoms with van der Waals surface area (Å²) in [5.41, 5.74) is 1.01. The van der Waals surface area contributed by atoms with E-state index in [1.807, 2.05) is 11.8 Å². The van der Waals surface area contributed by atoms with Crippen LogP contribution in [0.2, 0.25) is 0 Å². The molecular formula is C27H39N3O6. The molecule has 1 saturated heterocycles. The van der Waals surface area contributed by atoms with Crippen LogP contribution in [0.4, 0.5) is 5.69 Å². The normalized spacial score (nSPS) is 26.3. The molecule has 4 rings (SSSR count). The largest absolute Gasteiger partial charge is 0.491 e. The highest BCUT2D eigenvalue weighted by Crippen LogP contribution is 2.32. The Balaban J connectivity index is 1.62. The lowest BCUT2D eigenvalue weighted by atomic mass is 9.95. The number of nitrogens with zero attached hydrogens (tertiary/aromatic N) is 2. The first kappa shape index (κ1) is 26.4. The molecule has 2 heterocycles. The quantitative estimate of drug-likeness (QED) is 0.682. The number of rotatable bonds is 4. The van der Waals surface area contributed by atoms with Crippen LogP contribution >= 0.6 is 0 Å². The maximum Gasteiger partial charge on any atom is 0.257 e. The summed E-state index contributed by atoms with van der Waals surface area (Å²) in [5.74, 6) is 0.334. The van der Waals surface area contributed by atoms with Crippen molar-refractivity contribution in [3.8, 4) is 5.75 Å². The summed E-state index contributed by atoms with van der Waals surface area (Å²) in [6.45, 7) is 6.34. The molecule has 36 heavy (non-hydrogen) atoms. The zero-order valence-corrected chi connectivity index (χ0v) is 21.8. The first-order chi connectivity index (χ1) is 17.3. The third-order valence-corrected chi connectivity index (χ3v) is 7.52. The monoisotopic (exact) mass is 501 g/mol. The molecular weight excluding hydrogens is 462 g/mol. The van der Waals surface area contributed by atoms with Crippen LogP contribution in [-0.2, 0) is 19.1 Å². The second-order valence-electron chi connectivity index (χ2n) is 10.4. The molecule has 1 aromatic rings. The molecule has 0 aromatic heterocycles. The average molecular weight is 502 g/mol. The number of hydrogen-bond donors (Lipinski definition) is 1. The van der Waals surface area contributed by atoms with Gasteiger partial charge in [0.1, 0.15) is 12.4 Å². The number of carbonyl (C=O) groups excluding carboxylic acids is 3. The standard InChI is InChI=1S/C27H39N3O6/c1-17-14-30(26(32)20-9-11-35-12-10-20)18(2)16-36-23-13-21(28-25(31)19-5-6-19)7-8-22(23)27(33)29(3)15-24(17)34-4/h7-8,13,17-20,24H,5-6,9-12,14-16H2,1-4H3,(H,28,31)/t17-,18+,24+/m1/s1. The van der Waals surface area contributed by atoms with Crippen LogP contribution in [-0.4, -0.2) is 86.7 Å². The zero-order chi connectivity index (χ0) is 25.8. The number of amides is 3. The lowest BCUT2D eigenvalue weighted by molar-refractivity contribution is -0.143. The van der Waals surface area contributed by atoms with Gasteiger partial charge < -0.3 is 29.3 Å². The van der Waals surface area contributed by atoms with Crippen molar-refractivity contribution in [2.45, 2.75) is 51.7 Å². The SMILES string of the molecule is CO[C@H]1CN(C)C(=O)c2ccc(NC(=O)C3CC3)cc2OC[C@H](C)N(C(=O)C2CCOCC2)C[C@H]1C. The van der Waals surface area contributed by atoms with Crippen molar-refractivity contribution in [3.05, 3.63) is 23.8 Å². The summed E-state index contributed by atoms with van der Waals surface area (Å²) in [6.07, 6.45) is 3.01. The molecule has 2 aliphatic heterocycles. The third-order valence-electron chi connectivity index (χ3n) is 7.52. The van der Waals surface area contributed by atoms with E-state index in [9.17, 15) is 14.4 Å². The number of nitrogens with one attached hydrogen (secondary N) is 1. The molecule has 3 aliphatic rings. The predicted octanol–water partition coefficient (Wildman–Crippen LogP) is 2.79. The lowest BCUT2D eigenvalue weighted by Gasteiger charge is -2.38. The highest BCUT2D eigenvalue weighted by Gasteiger charge is 2.34. The van der Waals surface area contributed by atoms with Crippen LogP contribution < -0.4 is 10.1 Å². The molecule has 9 nitrogen and oxygen atoms in total. The van der Waals surface area contributed by atoms with Crippen LogP contribution in [0, 0.1) is 17.8 Å². The summed E-state index contributed by atoms with van der Waals surface area (Å²) >= 11 is 0. The number of ether oxygens (including phenoxy) is 3. The minimum Gasteiger partial charge on any atom is -0.491 e. The Kier molecular flexibility index (Phi) is 8.51. The number of carbonyl (C=O) groups is 3. The van der Waals surface area contributed by atoms with Crippen molar-refractivity contribution in [2.75, 3.05) is 52.4 Å². The molecule has 1 N–H and O–H groups in total. The summed E-state index contributed by atoms with van der Waals surface area (Å²) in [6, 6.07) is 4.93. The Hall–Kier alpha value is -2.65. The van der Waals surface area contributed by atoms with Gasteiger partial charge in [-0.15, -0.1) is 0 Å². The molecule has 2 fully saturated rings. The van der Waals surface area contributed by atoms with E-state index in [0.717, 1.165) is 25.7 Å². The smallest absolute Gasteiger partial charge is 0.257 e. The van der Waals surface area contributed by atoms with Gasteiger partial charge >= 0.3 is 0 Å². The van der Waals surface area contributed by atoms with E-state index in [4.69, 9.17) is 14.2 Å². The van der Waals surface area contributed by atoms with Gasteiger partial charge in [-0.05, 0) is 44.7 Å². The Morgan fingerprint density at radius 3 is 2.44 bits per heavy atom. The van der Waals surface area contributed by atoms with Crippen LogP contribution in [0.3, 0.4) is 0 Å². The minimum atomic E-state index is -0.239. The fraction of sp³-hybridized carbons (Fsp3) is 0.667. The van der Waals surface area contributed by atoms with Crippen LogP contribution in [0.25, 0.3) is 0 Å². The van der Waals surface area contributed by atoms with Crippen molar-refractivity contribution in [1.82, 2.24) is 9.80 Å². The van der Waals surface area contributed by atoms with Gasteiger partial charge in [0, 0.05) is 70.0 Å². The van der Waals surface area contributed by atoms with Gasteiger partial charge in [0.15, 0.2) is 0 Å². The molecule has 9 heteroatoms. The number of fused-ring (bicyclic) bond motifs is 1. The highest BCUT2D eigenvalue weighted by molar-refractivity contribution is 5.99. The average Bonchev–Trinajstić information content (AvgIpc) is 3.74. The number of hydrogen-bond acceptors (Lipinski definition) is 6. The summed E-state index contributed by atoms with van der Waals surface area (Å²) in [7, 11) is 3.39. The van der Waals surface area contributed by atoms with Crippen LogP contribution in [0.5, 0.6) is 5.75 Å². The Labute approximate surface area is 213 Å². The first-order valence-electron chi connectivity index (χ1n) is 13.0. The molecule has 1 saturated carbocycles. The topological polar surface area (TPSA) is 97.4 Å². The lowest BCUT2D eigenvalue weighted by Crippen LogP contribution is -2.50. The summed E-state index contributed by atoms with van der Waals surface area (Å²) in [5, 5.41) is 2.93. The molecule has 1 aromatic carbocycles. The number of anilines is 1. The maximum atomic E-state index is 13.6. The van der Waals surface area contributed by atoms with Gasteiger partial charge in [-0.25, -0.2) is 0 Å². The molecule has 0 unspecified atom stereocenters. The van der Waals surface area contributed by atoms with E-state index in [1.165, 1.54) is 0 Å². The maximum absolute atomic E-state index is 13.6. The fourth-order valence-corrected chi connectivity index (χ4v) is 4.93. The van der Waals surface area contributed by atoms with Gasteiger partial charge in [0.2, 0.25) is 11.8 Å². The van der Waals surface area contributed by atoms with E-state index < -0.39 is 0 Å². The second-order valence-corrected chi connectivity index (χ2v) is 10.4. The zero-order valence-electron chi connectivity index (χ0n) is 21.8. The van der Waals surface area contributed by atoms with E-state index in [-0.39, 0.29) is 54.2 Å². The van der Waals surface area contributed by atoms with Gasteiger partial charge in [0.05, 0.1) is 17.7 Å². The first-order valence-corrected chi connectivity index (χ1v) is 13.0. The summed E-state index contributed by atoms with van der Waals surface area (Å²) in [4.78, 5) is 42.8. The molecule has 0 radical (unpaired) electrons. The van der Waals surface area contributed by atoms with E-state index in [0.29, 0.717) is 43.3 Å². The van der Waals surface area contributed by atoms with E-state index >= 15 is 0 Å². The van der Waals surface area contributed by atoms with E-state index in [2.05, 4.69) is 12.2 Å². The molecule has 0 spiro atoms. The van der Waals surface area contributed by atoms with Gasteiger partial charge in [-0.2, -0.15) is 0 Å². The van der Waals surface area contributed by atoms with Crippen molar-refractivity contribution in [3.63, 3.8) is 0 Å². The highest BCUT2D eigenvalue weighted by atomic mass is 16.5. The number of benzene rings is 1. The molecule has 0 bridgehead atoms. The third kappa shape index (κ3) is 6.18. The van der Waals surface area contributed by atoms with E-state index in [1.54, 1.807) is 37.3 Å². The molecule has 1 aliphatic carbocycles. The Morgan fingerprint density at radius 2 is 1.78 bits per heavy atom. The van der Waals surface area contributed by atoms with Gasteiger partial charge in [0.25, 0.3) is 5.91 Å². The van der Waals surface area contributed by atoms with Gasteiger partial charge in [-0.1, -0.05) is 6.92 Å². The second kappa shape index (κ2) is 11.6. The van der Waals surface area contributed by atoms with Crippen molar-refractivity contribution in [2.24, 2.45) is 17.8 Å². The Morgan fingerprint density at radius 1 is 1.06 bits per heavy atom. The van der Waals surface area contributed by atoms with Crippen LogP contribution in [0.15, 0.2) is 18.2 Å². The Bertz CT molecular complexity index is 959. The number of likely N-dealkylation sites (N-methyl/N-ethyl adjacent to an activating group) is 1. The molecule has 3 amide bonds.